The van der Waals surface area contributed by atoms with E-state index in [1.165, 1.54) is 4.90 Å². The van der Waals surface area contributed by atoms with Gasteiger partial charge in [0, 0.05) is 18.8 Å². The van der Waals surface area contributed by atoms with Crippen molar-refractivity contribution in [3.63, 3.8) is 0 Å². The Morgan fingerprint density at radius 3 is 3.00 bits per heavy atom. The number of carboxylic acids is 1. The fourth-order valence-corrected chi connectivity index (χ4v) is 2.35. The number of hydrogen-bond acceptors (Lipinski definition) is 6. The quantitative estimate of drug-likeness (QED) is 0.853. The summed E-state index contributed by atoms with van der Waals surface area (Å²) in [7, 11) is 0. The molecule has 1 atom stereocenters. The molecule has 0 bridgehead atoms. The fraction of sp³-hybridized carbons (Fsp3) is 0.429. The van der Waals surface area contributed by atoms with Gasteiger partial charge in [-0.25, -0.2) is 4.79 Å². The normalized spacial score (nSPS) is 18.1. The van der Waals surface area contributed by atoms with Gasteiger partial charge in [-0.1, -0.05) is 5.16 Å². The number of morpholine rings is 1. The Morgan fingerprint density at radius 1 is 1.48 bits per heavy atom. The smallest absolute Gasteiger partial charge is 0.334 e. The second-order valence-corrected chi connectivity index (χ2v) is 5.34. The van der Waals surface area contributed by atoms with Gasteiger partial charge in [-0.15, -0.1) is 0 Å². The molecule has 3 rings (SSSR count). The highest BCUT2D eigenvalue weighted by Gasteiger charge is 2.30. The Kier molecular flexibility index (Phi) is 4.11. The minimum Gasteiger partial charge on any atom is -0.479 e. The third kappa shape index (κ3) is 3.39. The van der Waals surface area contributed by atoms with Crippen LogP contribution in [0.1, 0.15) is 21.8 Å². The van der Waals surface area contributed by atoms with Gasteiger partial charge < -0.3 is 19.3 Å². The van der Waals surface area contributed by atoms with Gasteiger partial charge in [-0.2, -0.15) is 5.10 Å². The van der Waals surface area contributed by atoms with Crippen LogP contribution in [0, 0.1) is 6.92 Å². The maximum absolute atomic E-state index is 12.4. The summed E-state index contributed by atoms with van der Waals surface area (Å²) in [5, 5.41) is 16.9. The second kappa shape index (κ2) is 6.21. The summed E-state index contributed by atoms with van der Waals surface area (Å²) in [4.78, 5) is 24.7. The highest BCUT2D eigenvalue weighted by molar-refractivity contribution is 5.92. The van der Waals surface area contributed by atoms with Crippen molar-refractivity contribution < 1.29 is 24.0 Å². The number of aromatic nitrogens is 3. The van der Waals surface area contributed by atoms with Gasteiger partial charge in [-0.3, -0.25) is 9.48 Å². The van der Waals surface area contributed by atoms with E-state index in [9.17, 15) is 9.59 Å². The average Bonchev–Trinajstić information content (AvgIpc) is 3.16. The zero-order valence-electron chi connectivity index (χ0n) is 12.5. The van der Waals surface area contributed by atoms with Gasteiger partial charge in [-0.05, 0) is 12.5 Å². The highest BCUT2D eigenvalue weighted by atomic mass is 16.5. The lowest BCUT2D eigenvalue weighted by atomic mass is 10.2. The molecule has 1 amide bonds. The molecule has 3 heterocycles. The molecule has 9 nitrogen and oxygen atoms in total. The number of nitrogens with zero attached hydrogens (tertiary/aromatic N) is 4. The zero-order chi connectivity index (χ0) is 16.4. The predicted octanol–water partition coefficient (Wildman–Crippen LogP) is 0.153. The summed E-state index contributed by atoms with van der Waals surface area (Å²) in [5.74, 6) is -0.955. The van der Waals surface area contributed by atoms with E-state index in [2.05, 4.69) is 10.3 Å². The number of carbonyl (C=O) groups is 2. The Balaban J connectivity index is 1.67. The van der Waals surface area contributed by atoms with E-state index in [0.717, 1.165) is 5.56 Å². The van der Waals surface area contributed by atoms with Crippen molar-refractivity contribution in [3.05, 3.63) is 35.5 Å². The van der Waals surface area contributed by atoms with Crippen molar-refractivity contribution >= 4 is 11.9 Å². The van der Waals surface area contributed by atoms with Crippen molar-refractivity contribution in [3.8, 4) is 0 Å². The van der Waals surface area contributed by atoms with Crippen LogP contribution in [0.25, 0.3) is 0 Å². The van der Waals surface area contributed by atoms with Crippen LogP contribution in [0.5, 0.6) is 0 Å². The minimum atomic E-state index is -1.09. The van der Waals surface area contributed by atoms with Crippen LogP contribution in [0.15, 0.2) is 23.0 Å². The first kappa shape index (κ1) is 15.2. The molecular weight excluding hydrogens is 304 g/mol. The van der Waals surface area contributed by atoms with Crippen molar-refractivity contribution in [2.75, 3.05) is 19.7 Å². The number of aliphatic carboxylic acids is 1. The molecule has 23 heavy (non-hydrogen) atoms. The van der Waals surface area contributed by atoms with Gasteiger partial charge in [0.1, 0.15) is 6.54 Å². The van der Waals surface area contributed by atoms with Gasteiger partial charge in [0.2, 0.25) is 0 Å². The van der Waals surface area contributed by atoms with Crippen molar-refractivity contribution in [2.24, 2.45) is 0 Å². The van der Waals surface area contributed by atoms with Crippen LogP contribution in [0.3, 0.4) is 0 Å². The van der Waals surface area contributed by atoms with Gasteiger partial charge in [0.05, 0.1) is 19.3 Å². The van der Waals surface area contributed by atoms with E-state index in [-0.39, 0.29) is 24.8 Å². The molecule has 1 unspecified atom stereocenters. The molecule has 1 N–H and O–H groups in total. The minimum absolute atomic E-state index is 0.00525. The summed E-state index contributed by atoms with van der Waals surface area (Å²) in [6, 6.07) is 1.55. The molecule has 1 saturated heterocycles. The van der Waals surface area contributed by atoms with Crippen LogP contribution >= 0.6 is 0 Å². The summed E-state index contributed by atoms with van der Waals surface area (Å²) >= 11 is 0. The molecule has 0 aromatic carbocycles. The maximum Gasteiger partial charge on any atom is 0.334 e. The topological polar surface area (TPSA) is 111 Å². The Bertz CT molecular complexity index is 722. The van der Waals surface area contributed by atoms with E-state index in [1.807, 2.05) is 13.1 Å². The Labute approximate surface area is 131 Å². The van der Waals surface area contributed by atoms with E-state index >= 15 is 0 Å². The molecule has 9 heteroatoms. The number of rotatable bonds is 4. The number of aryl methyl sites for hydroxylation is 1. The lowest BCUT2D eigenvalue weighted by Gasteiger charge is -2.30. The molecule has 1 aliphatic rings. The van der Waals surface area contributed by atoms with Gasteiger partial charge in [0.15, 0.2) is 17.6 Å². The lowest BCUT2D eigenvalue weighted by molar-refractivity contribution is -0.154. The third-order valence-corrected chi connectivity index (χ3v) is 3.49. The highest BCUT2D eigenvalue weighted by Crippen LogP contribution is 2.12. The zero-order valence-corrected chi connectivity index (χ0v) is 12.5. The standard InChI is InChI=1S/C14H16N4O5/c1-9-5-15-18(6-9)7-10-4-11(16-23-10)13(19)17-2-3-22-12(8-17)14(20)21/h4-6,12H,2-3,7-8H2,1H3,(H,20,21). The third-order valence-electron chi connectivity index (χ3n) is 3.49. The molecule has 0 aliphatic carbocycles. The molecule has 0 saturated carbocycles. The van der Waals surface area contributed by atoms with Gasteiger partial charge in [0.25, 0.3) is 5.91 Å². The summed E-state index contributed by atoms with van der Waals surface area (Å²) < 4.78 is 11.9. The van der Waals surface area contributed by atoms with Crippen LogP contribution in [-0.4, -0.2) is 62.6 Å². The Hall–Kier alpha value is -2.68. The van der Waals surface area contributed by atoms with E-state index in [0.29, 0.717) is 18.8 Å². The molecular formula is C14H16N4O5. The SMILES string of the molecule is Cc1cnn(Cc2cc(C(=O)N3CCOC(C(=O)O)C3)no2)c1. The molecule has 0 spiro atoms. The summed E-state index contributed by atoms with van der Waals surface area (Å²) in [6.45, 7) is 2.79. The number of amides is 1. The predicted molar refractivity (Wildman–Crippen MR) is 75.8 cm³/mol. The monoisotopic (exact) mass is 320 g/mol. The van der Waals surface area contributed by atoms with Crippen LogP contribution in [0.4, 0.5) is 0 Å². The fourth-order valence-electron chi connectivity index (χ4n) is 2.35. The van der Waals surface area contributed by atoms with Gasteiger partial charge >= 0.3 is 5.97 Å². The van der Waals surface area contributed by atoms with Crippen molar-refractivity contribution in [1.82, 2.24) is 19.8 Å². The largest absolute Gasteiger partial charge is 0.479 e. The first-order chi connectivity index (χ1) is 11.0. The summed E-state index contributed by atoms with van der Waals surface area (Å²) in [6.07, 6.45) is 2.57. The van der Waals surface area contributed by atoms with E-state index < -0.39 is 12.1 Å². The lowest BCUT2D eigenvalue weighted by Crippen LogP contribution is -2.48. The van der Waals surface area contributed by atoms with E-state index in [4.69, 9.17) is 14.4 Å². The first-order valence-corrected chi connectivity index (χ1v) is 7.11. The molecule has 0 radical (unpaired) electrons. The number of carbonyl (C=O) groups excluding carboxylic acids is 1. The molecule has 2 aromatic rings. The van der Waals surface area contributed by atoms with Crippen molar-refractivity contribution in [1.29, 1.82) is 0 Å². The first-order valence-electron chi connectivity index (χ1n) is 7.11. The second-order valence-electron chi connectivity index (χ2n) is 5.34. The number of carboxylic acid groups (broad SMARTS) is 1. The van der Waals surface area contributed by atoms with Crippen LogP contribution < -0.4 is 0 Å². The average molecular weight is 320 g/mol. The molecule has 122 valence electrons. The van der Waals surface area contributed by atoms with Crippen molar-refractivity contribution in [2.45, 2.75) is 19.6 Å². The van der Waals surface area contributed by atoms with Crippen LogP contribution in [-0.2, 0) is 16.1 Å². The molecule has 1 aliphatic heterocycles. The van der Waals surface area contributed by atoms with Crippen LogP contribution in [0.2, 0.25) is 0 Å². The summed E-state index contributed by atoms with van der Waals surface area (Å²) in [5.41, 5.74) is 1.17. The number of ether oxygens (including phenoxy) is 1. The number of hydrogen-bond donors (Lipinski definition) is 1. The molecule has 1 fully saturated rings. The van der Waals surface area contributed by atoms with E-state index in [1.54, 1.807) is 16.9 Å². The Morgan fingerprint density at radius 2 is 2.30 bits per heavy atom. The molecule has 2 aromatic heterocycles. The maximum atomic E-state index is 12.4.